The zero-order valence-electron chi connectivity index (χ0n) is 12.2. The van der Waals surface area contributed by atoms with Crippen molar-refractivity contribution >= 4 is 40.0 Å². The summed E-state index contributed by atoms with van der Waals surface area (Å²) >= 11 is 12.5. The Labute approximate surface area is 143 Å². The van der Waals surface area contributed by atoms with E-state index < -0.39 is 0 Å². The van der Waals surface area contributed by atoms with Crippen molar-refractivity contribution in [1.82, 2.24) is 10.3 Å². The number of benzene rings is 1. The molecule has 0 spiro atoms. The zero-order valence-corrected chi connectivity index (χ0v) is 13.8. The molecule has 0 radical (unpaired) electrons. The van der Waals surface area contributed by atoms with E-state index >= 15 is 0 Å². The van der Waals surface area contributed by atoms with Gasteiger partial charge in [-0.05, 0) is 23.6 Å². The van der Waals surface area contributed by atoms with E-state index in [1.807, 2.05) is 0 Å². The molecule has 1 aromatic carbocycles. The second-order valence-corrected chi connectivity index (χ2v) is 6.41. The van der Waals surface area contributed by atoms with Crippen LogP contribution in [0.4, 0.5) is 0 Å². The van der Waals surface area contributed by atoms with Crippen LogP contribution in [0.15, 0.2) is 6.07 Å². The lowest BCUT2D eigenvalue weighted by atomic mass is 9.95. The number of aliphatic hydroxyl groups excluding tert-OH is 1. The monoisotopic (exact) mass is 351 g/mol. The third-order valence-corrected chi connectivity index (χ3v) is 5.01. The van der Waals surface area contributed by atoms with E-state index in [2.05, 4.69) is 16.4 Å². The molecule has 23 heavy (non-hydrogen) atoms. The van der Waals surface area contributed by atoms with Crippen LogP contribution in [-0.4, -0.2) is 29.1 Å². The van der Waals surface area contributed by atoms with Crippen LogP contribution in [0.25, 0.3) is 10.9 Å². The van der Waals surface area contributed by atoms with Crippen LogP contribution in [0.3, 0.4) is 0 Å². The normalized spacial score (nSPS) is 17.5. The van der Waals surface area contributed by atoms with Gasteiger partial charge in [-0.1, -0.05) is 23.2 Å². The molecule has 1 unspecified atom stereocenters. The number of H-pyrrole nitrogens is 1. The highest BCUT2D eigenvalue weighted by atomic mass is 35.5. The minimum Gasteiger partial charge on any atom is -0.396 e. The largest absolute Gasteiger partial charge is 0.396 e. The number of rotatable bonds is 3. The third kappa shape index (κ3) is 2.78. The predicted molar refractivity (Wildman–Crippen MR) is 88.8 cm³/mol. The summed E-state index contributed by atoms with van der Waals surface area (Å²) in [6.07, 6.45) is 0.927. The quantitative estimate of drug-likeness (QED) is 0.794. The number of amides is 1. The second kappa shape index (κ2) is 6.40. The minimum atomic E-state index is -0.0819. The zero-order chi connectivity index (χ0) is 16.6. The van der Waals surface area contributed by atoms with Gasteiger partial charge in [0.1, 0.15) is 0 Å². The van der Waals surface area contributed by atoms with Gasteiger partial charge in [0.25, 0.3) is 0 Å². The highest BCUT2D eigenvalue weighted by molar-refractivity contribution is 6.45. The minimum absolute atomic E-state index is 0.0227. The average molecular weight is 352 g/mol. The molecule has 1 amide bonds. The van der Waals surface area contributed by atoms with Crippen molar-refractivity contribution in [3.63, 3.8) is 0 Å². The Bertz CT molecular complexity index is 823. The number of hydrogen-bond donors (Lipinski definition) is 3. The molecule has 7 heteroatoms. The van der Waals surface area contributed by atoms with Crippen molar-refractivity contribution in [2.75, 3.05) is 13.2 Å². The first-order valence-corrected chi connectivity index (χ1v) is 8.08. The van der Waals surface area contributed by atoms with Crippen molar-refractivity contribution in [2.45, 2.75) is 25.2 Å². The maximum absolute atomic E-state index is 12.0. The summed E-state index contributed by atoms with van der Waals surface area (Å²) in [5.41, 5.74) is 3.15. The van der Waals surface area contributed by atoms with E-state index in [4.69, 9.17) is 28.5 Å². The fraction of sp³-hybridized carbons (Fsp3) is 0.375. The first kappa shape index (κ1) is 16.1. The van der Waals surface area contributed by atoms with Gasteiger partial charge in [0, 0.05) is 30.1 Å². The molecule has 120 valence electrons. The lowest BCUT2D eigenvalue weighted by molar-refractivity contribution is -0.120. The Hall–Kier alpha value is -1.74. The highest BCUT2D eigenvalue weighted by Crippen LogP contribution is 2.39. The molecule has 2 heterocycles. The Morgan fingerprint density at radius 2 is 2.22 bits per heavy atom. The molecule has 5 nitrogen and oxygen atoms in total. The van der Waals surface area contributed by atoms with Gasteiger partial charge in [0.05, 0.1) is 34.5 Å². The average Bonchev–Trinajstić information content (AvgIpc) is 2.81. The standard InChI is InChI=1S/C16H15Cl2N3O2/c17-11-5-8(1-3-19)13-10-6-12(23)20-7-9(2-4-22)15(10)21-16(13)14(11)18/h5,9,21-22H,1-2,4,6-7H2,(H,20,23). The van der Waals surface area contributed by atoms with Crippen molar-refractivity contribution in [3.8, 4) is 6.07 Å². The van der Waals surface area contributed by atoms with Gasteiger partial charge in [-0.2, -0.15) is 5.26 Å². The number of nitriles is 1. The Morgan fingerprint density at radius 1 is 1.43 bits per heavy atom. The van der Waals surface area contributed by atoms with Gasteiger partial charge in [0.2, 0.25) is 5.91 Å². The number of fused-ring (bicyclic) bond motifs is 3. The van der Waals surface area contributed by atoms with Crippen LogP contribution in [-0.2, 0) is 17.6 Å². The van der Waals surface area contributed by atoms with E-state index in [-0.39, 0.29) is 31.3 Å². The van der Waals surface area contributed by atoms with Crippen molar-refractivity contribution in [1.29, 1.82) is 5.26 Å². The van der Waals surface area contributed by atoms with E-state index in [9.17, 15) is 9.90 Å². The van der Waals surface area contributed by atoms with Gasteiger partial charge in [-0.3, -0.25) is 4.79 Å². The van der Waals surface area contributed by atoms with Gasteiger partial charge in [0.15, 0.2) is 0 Å². The molecule has 1 aromatic heterocycles. The number of carbonyl (C=O) groups is 1. The number of aromatic amines is 1. The van der Waals surface area contributed by atoms with Crippen molar-refractivity contribution < 1.29 is 9.90 Å². The summed E-state index contributed by atoms with van der Waals surface area (Å²) in [6, 6.07) is 3.81. The molecule has 0 saturated heterocycles. The Balaban J connectivity index is 2.31. The molecular weight excluding hydrogens is 337 g/mol. The Kier molecular flexibility index (Phi) is 4.49. The fourth-order valence-corrected chi connectivity index (χ4v) is 3.63. The molecule has 0 fully saturated rings. The number of aliphatic hydroxyl groups is 1. The van der Waals surface area contributed by atoms with Crippen molar-refractivity contribution in [3.05, 3.63) is 32.9 Å². The lowest BCUT2D eigenvalue weighted by Crippen LogP contribution is -2.26. The number of carbonyl (C=O) groups excluding carboxylic acids is 1. The van der Waals surface area contributed by atoms with Crippen LogP contribution in [0.1, 0.15) is 29.2 Å². The summed E-state index contributed by atoms with van der Waals surface area (Å²) in [6.45, 7) is 0.479. The van der Waals surface area contributed by atoms with Gasteiger partial charge in [-0.25, -0.2) is 0 Å². The Morgan fingerprint density at radius 3 is 2.91 bits per heavy atom. The molecule has 0 saturated carbocycles. The molecule has 0 bridgehead atoms. The summed E-state index contributed by atoms with van der Waals surface area (Å²) in [5, 5.41) is 22.8. The number of nitrogens with one attached hydrogen (secondary N) is 2. The summed E-state index contributed by atoms with van der Waals surface area (Å²) in [4.78, 5) is 15.3. The molecule has 1 atom stereocenters. The van der Waals surface area contributed by atoms with E-state index in [1.54, 1.807) is 6.07 Å². The fourth-order valence-electron chi connectivity index (χ4n) is 3.21. The van der Waals surface area contributed by atoms with E-state index in [0.29, 0.717) is 28.5 Å². The molecule has 1 aliphatic heterocycles. The summed E-state index contributed by atoms with van der Waals surface area (Å²) in [7, 11) is 0. The van der Waals surface area contributed by atoms with Gasteiger partial charge in [-0.15, -0.1) is 0 Å². The van der Waals surface area contributed by atoms with Crippen LogP contribution in [0, 0.1) is 11.3 Å². The van der Waals surface area contributed by atoms with Crippen LogP contribution in [0.2, 0.25) is 10.0 Å². The number of aromatic nitrogens is 1. The van der Waals surface area contributed by atoms with Crippen LogP contribution < -0.4 is 5.32 Å². The van der Waals surface area contributed by atoms with Crippen LogP contribution in [0.5, 0.6) is 0 Å². The van der Waals surface area contributed by atoms with E-state index in [0.717, 1.165) is 22.2 Å². The SMILES string of the molecule is N#CCc1cc(Cl)c(Cl)c2[nH]c3c(c12)CC(=O)NCC3CCO. The van der Waals surface area contributed by atoms with Crippen LogP contribution >= 0.6 is 23.2 Å². The smallest absolute Gasteiger partial charge is 0.224 e. The highest BCUT2D eigenvalue weighted by Gasteiger charge is 2.28. The summed E-state index contributed by atoms with van der Waals surface area (Å²) < 4.78 is 0. The molecule has 3 rings (SSSR count). The first-order chi connectivity index (χ1) is 11.1. The van der Waals surface area contributed by atoms with Gasteiger partial charge < -0.3 is 15.4 Å². The molecular formula is C16H15Cl2N3O2. The number of hydrogen-bond acceptors (Lipinski definition) is 3. The topological polar surface area (TPSA) is 88.9 Å². The third-order valence-electron chi connectivity index (χ3n) is 4.23. The number of halogens is 2. The molecule has 2 aromatic rings. The van der Waals surface area contributed by atoms with Gasteiger partial charge >= 0.3 is 0 Å². The molecule has 3 N–H and O–H groups in total. The maximum Gasteiger partial charge on any atom is 0.224 e. The van der Waals surface area contributed by atoms with E-state index in [1.165, 1.54) is 0 Å². The molecule has 0 aliphatic carbocycles. The lowest BCUT2D eigenvalue weighted by Gasteiger charge is -2.13. The maximum atomic E-state index is 12.0. The summed E-state index contributed by atoms with van der Waals surface area (Å²) in [5.74, 6) is -0.111. The molecule has 1 aliphatic rings. The second-order valence-electron chi connectivity index (χ2n) is 5.62. The van der Waals surface area contributed by atoms with Crippen molar-refractivity contribution in [2.24, 2.45) is 0 Å². The first-order valence-electron chi connectivity index (χ1n) is 7.32. The number of nitrogens with zero attached hydrogens (tertiary/aromatic N) is 1. The predicted octanol–water partition coefficient (Wildman–Crippen LogP) is 2.68.